The number of hydrogen-bond acceptors (Lipinski definition) is 3. The number of carbonyl (C=O) groups is 2. The largest absolute Gasteiger partial charge is 0.478 e. The molecule has 6 heteroatoms. The van der Waals surface area contributed by atoms with Gasteiger partial charge in [-0.25, -0.2) is 9.18 Å². The van der Waals surface area contributed by atoms with Gasteiger partial charge in [0.05, 0.1) is 11.5 Å². The molecular formula is C13H17FN2O3. The van der Waals surface area contributed by atoms with Crippen LogP contribution in [-0.4, -0.2) is 23.5 Å². The second kappa shape index (κ2) is 6.29. The average Bonchev–Trinajstić information content (AvgIpc) is 2.28. The van der Waals surface area contributed by atoms with Gasteiger partial charge in [0.25, 0.3) is 0 Å². The molecule has 1 aromatic carbocycles. The van der Waals surface area contributed by atoms with E-state index in [1.165, 1.54) is 6.07 Å². The van der Waals surface area contributed by atoms with Gasteiger partial charge in [-0.15, -0.1) is 0 Å². The summed E-state index contributed by atoms with van der Waals surface area (Å²) in [6.45, 7) is 3.93. The first-order valence-corrected chi connectivity index (χ1v) is 5.90. The van der Waals surface area contributed by atoms with Gasteiger partial charge in [-0.1, -0.05) is 13.8 Å². The fourth-order valence-electron chi connectivity index (χ4n) is 1.68. The minimum Gasteiger partial charge on any atom is -0.478 e. The van der Waals surface area contributed by atoms with Crippen LogP contribution in [0.25, 0.3) is 0 Å². The molecule has 0 saturated heterocycles. The van der Waals surface area contributed by atoms with Crippen molar-refractivity contribution in [2.24, 2.45) is 17.6 Å². The smallest absolute Gasteiger partial charge is 0.338 e. The van der Waals surface area contributed by atoms with E-state index in [0.29, 0.717) is 0 Å². The molecule has 4 N–H and O–H groups in total. The van der Waals surface area contributed by atoms with E-state index in [9.17, 15) is 14.0 Å². The first-order valence-electron chi connectivity index (χ1n) is 5.90. The molecule has 0 spiro atoms. The molecule has 1 unspecified atom stereocenters. The van der Waals surface area contributed by atoms with Gasteiger partial charge in [0.1, 0.15) is 5.82 Å². The average molecular weight is 268 g/mol. The normalized spacial score (nSPS) is 12.3. The first kappa shape index (κ1) is 15.1. The van der Waals surface area contributed by atoms with Gasteiger partial charge in [0, 0.05) is 12.2 Å². The summed E-state index contributed by atoms with van der Waals surface area (Å²) in [7, 11) is 0. The maximum absolute atomic E-state index is 13.4. The first-order chi connectivity index (χ1) is 8.86. The molecular weight excluding hydrogens is 251 g/mol. The second-order valence-corrected chi connectivity index (χ2v) is 4.58. The summed E-state index contributed by atoms with van der Waals surface area (Å²) in [4.78, 5) is 22.5. The molecule has 0 radical (unpaired) electrons. The van der Waals surface area contributed by atoms with Crippen molar-refractivity contribution in [2.75, 3.05) is 11.9 Å². The van der Waals surface area contributed by atoms with E-state index in [4.69, 9.17) is 10.8 Å². The fraction of sp³-hybridized carbons (Fsp3) is 0.385. The highest BCUT2D eigenvalue weighted by Crippen LogP contribution is 2.17. The zero-order valence-corrected chi connectivity index (χ0v) is 10.8. The van der Waals surface area contributed by atoms with Gasteiger partial charge in [-0.2, -0.15) is 0 Å². The van der Waals surface area contributed by atoms with Gasteiger partial charge >= 0.3 is 5.97 Å². The molecule has 1 aromatic rings. The SMILES string of the molecule is CC(C)C(CN)C(=O)Nc1ccc(C(=O)O)c(F)c1. The number of halogens is 1. The number of carboxylic acids is 1. The summed E-state index contributed by atoms with van der Waals surface area (Å²) in [5, 5.41) is 11.2. The van der Waals surface area contributed by atoms with Crippen LogP contribution in [0.3, 0.4) is 0 Å². The maximum atomic E-state index is 13.4. The number of nitrogens with two attached hydrogens (primary N) is 1. The number of nitrogens with one attached hydrogen (secondary N) is 1. The summed E-state index contributed by atoms with van der Waals surface area (Å²) in [5.74, 6) is -2.85. The number of hydrogen-bond donors (Lipinski definition) is 3. The number of aromatic carboxylic acids is 1. The predicted octanol–water partition coefficient (Wildman–Crippen LogP) is 1.69. The molecule has 0 saturated carbocycles. The molecule has 1 rings (SSSR count). The molecule has 5 nitrogen and oxygen atoms in total. The van der Waals surface area contributed by atoms with Crippen LogP contribution in [0.4, 0.5) is 10.1 Å². The maximum Gasteiger partial charge on any atom is 0.338 e. The molecule has 0 aliphatic rings. The Morgan fingerprint density at radius 2 is 2.05 bits per heavy atom. The van der Waals surface area contributed by atoms with Crippen molar-refractivity contribution in [3.8, 4) is 0 Å². The highest BCUT2D eigenvalue weighted by molar-refractivity contribution is 5.94. The lowest BCUT2D eigenvalue weighted by molar-refractivity contribution is -0.120. The van der Waals surface area contributed by atoms with Crippen molar-refractivity contribution in [3.63, 3.8) is 0 Å². The van der Waals surface area contributed by atoms with Gasteiger partial charge < -0.3 is 16.2 Å². The fourth-order valence-corrected chi connectivity index (χ4v) is 1.68. The second-order valence-electron chi connectivity index (χ2n) is 4.58. The third kappa shape index (κ3) is 3.75. The van der Waals surface area contributed by atoms with Crippen LogP contribution in [0.15, 0.2) is 18.2 Å². The Morgan fingerprint density at radius 1 is 1.42 bits per heavy atom. The Morgan fingerprint density at radius 3 is 2.47 bits per heavy atom. The highest BCUT2D eigenvalue weighted by atomic mass is 19.1. The zero-order chi connectivity index (χ0) is 14.6. The molecule has 1 amide bonds. The standard InChI is InChI=1S/C13H17FN2O3/c1-7(2)10(6-15)12(17)16-8-3-4-9(13(18)19)11(14)5-8/h3-5,7,10H,6,15H2,1-2H3,(H,16,17)(H,18,19). The highest BCUT2D eigenvalue weighted by Gasteiger charge is 2.21. The summed E-state index contributed by atoms with van der Waals surface area (Å²) in [6, 6.07) is 3.44. The molecule has 0 heterocycles. The van der Waals surface area contributed by atoms with Crippen molar-refractivity contribution < 1.29 is 19.1 Å². The van der Waals surface area contributed by atoms with E-state index in [-0.39, 0.29) is 30.0 Å². The van der Waals surface area contributed by atoms with Gasteiger partial charge in [-0.05, 0) is 24.1 Å². The predicted molar refractivity (Wildman–Crippen MR) is 69.4 cm³/mol. The molecule has 0 fully saturated rings. The van der Waals surface area contributed by atoms with Crippen molar-refractivity contribution in [3.05, 3.63) is 29.6 Å². The number of anilines is 1. The number of carboxylic acid groups (broad SMARTS) is 1. The molecule has 0 bridgehead atoms. The van der Waals surface area contributed by atoms with Crippen LogP contribution < -0.4 is 11.1 Å². The Hall–Kier alpha value is -1.95. The lowest BCUT2D eigenvalue weighted by atomic mass is 9.95. The Labute approximate surface area is 110 Å². The Balaban J connectivity index is 2.86. The van der Waals surface area contributed by atoms with Gasteiger partial charge in [0.15, 0.2) is 0 Å². The Bertz CT molecular complexity index is 489. The third-order valence-corrected chi connectivity index (χ3v) is 2.86. The van der Waals surface area contributed by atoms with E-state index in [0.717, 1.165) is 12.1 Å². The summed E-state index contributed by atoms with van der Waals surface area (Å²) in [5.41, 5.74) is 5.29. The summed E-state index contributed by atoms with van der Waals surface area (Å²) in [6.07, 6.45) is 0. The van der Waals surface area contributed by atoms with Crippen molar-refractivity contribution in [1.29, 1.82) is 0 Å². The molecule has 0 aliphatic carbocycles. The lowest BCUT2D eigenvalue weighted by Crippen LogP contribution is -2.33. The van der Waals surface area contributed by atoms with E-state index in [1.54, 1.807) is 0 Å². The minimum absolute atomic E-state index is 0.0631. The quantitative estimate of drug-likeness (QED) is 0.757. The number of amides is 1. The van der Waals surface area contributed by atoms with E-state index in [1.807, 2.05) is 13.8 Å². The van der Waals surface area contributed by atoms with Crippen LogP contribution in [0.5, 0.6) is 0 Å². The zero-order valence-electron chi connectivity index (χ0n) is 10.8. The molecule has 1 atom stereocenters. The molecule has 104 valence electrons. The monoisotopic (exact) mass is 268 g/mol. The van der Waals surface area contributed by atoms with E-state index in [2.05, 4.69) is 5.32 Å². The summed E-state index contributed by atoms with van der Waals surface area (Å²) < 4.78 is 13.4. The Kier molecular flexibility index (Phi) is 5.00. The van der Waals surface area contributed by atoms with Crippen LogP contribution in [0, 0.1) is 17.7 Å². The summed E-state index contributed by atoms with van der Waals surface area (Å²) >= 11 is 0. The van der Waals surface area contributed by atoms with Crippen molar-refractivity contribution in [1.82, 2.24) is 0 Å². The van der Waals surface area contributed by atoms with Crippen LogP contribution in [0.1, 0.15) is 24.2 Å². The lowest BCUT2D eigenvalue weighted by Gasteiger charge is -2.18. The number of carbonyl (C=O) groups excluding carboxylic acids is 1. The molecule has 19 heavy (non-hydrogen) atoms. The van der Waals surface area contributed by atoms with E-state index >= 15 is 0 Å². The van der Waals surface area contributed by atoms with E-state index < -0.39 is 17.3 Å². The van der Waals surface area contributed by atoms with Crippen LogP contribution >= 0.6 is 0 Å². The van der Waals surface area contributed by atoms with Crippen LogP contribution in [0.2, 0.25) is 0 Å². The van der Waals surface area contributed by atoms with Gasteiger partial charge in [-0.3, -0.25) is 4.79 Å². The number of benzene rings is 1. The van der Waals surface area contributed by atoms with Gasteiger partial charge in [0.2, 0.25) is 5.91 Å². The van der Waals surface area contributed by atoms with Crippen molar-refractivity contribution >= 4 is 17.6 Å². The third-order valence-electron chi connectivity index (χ3n) is 2.86. The van der Waals surface area contributed by atoms with Crippen molar-refractivity contribution in [2.45, 2.75) is 13.8 Å². The molecule has 0 aromatic heterocycles. The number of rotatable bonds is 5. The minimum atomic E-state index is -1.35. The molecule has 0 aliphatic heterocycles. The topological polar surface area (TPSA) is 92.4 Å². The van der Waals surface area contributed by atoms with Crippen LogP contribution in [-0.2, 0) is 4.79 Å².